The van der Waals surface area contributed by atoms with E-state index in [-0.39, 0.29) is 6.41 Å². The fraction of sp³-hybridized carbons (Fsp3) is 0.167. The number of hydrogen-bond donors (Lipinski definition) is 1. The van der Waals surface area contributed by atoms with Gasteiger partial charge in [-0.05, 0) is 0 Å². The second-order valence-electron chi connectivity index (χ2n) is 2.01. The molecule has 0 spiro atoms. The van der Waals surface area contributed by atoms with Gasteiger partial charge in [0.1, 0.15) is 0 Å². The Morgan fingerprint density at radius 3 is 2.46 bits per heavy atom. The Morgan fingerprint density at radius 1 is 1.31 bits per heavy atom. The molecular formula is C6H4F3N3O. The van der Waals surface area contributed by atoms with Gasteiger partial charge in [0.15, 0.2) is 11.5 Å². The van der Waals surface area contributed by atoms with Gasteiger partial charge in [-0.3, -0.25) is 4.79 Å². The lowest BCUT2D eigenvalue weighted by molar-refractivity contribution is -0.140. The summed E-state index contributed by atoms with van der Waals surface area (Å²) in [7, 11) is 0. The summed E-state index contributed by atoms with van der Waals surface area (Å²) in [5.74, 6) is -0.593. The van der Waals surface area contributed by atoms with Gasteiger partial charge in [-0.2, -0.15) is 13.2 Å². The molecule has 0 aliphatic rings. The van der Waals surface area contributed by atoms with Crippen LogP contribution in [0.2, 0.25) is 0 Å². The highest BCUT2D eigenvalue weighted by Gasteiger charge is 2.36. The highest BCUT2D eigenvalue weighted by atomic mass is 19.4. The lowest BCUT2D eigenvalue weighted by atomic mass is 10.4. The third-order valence-electron chi connectivity index (χ3n) is 1.16. The molecule has 1 amide bonds. The molecule has 1 rings (SSSR count). The summed E-state index contributed by atoms with van der Waals surface area (Å²) in [5, 5.41) is 1.81. The standard InChI is InChI=1S/C6H4F3N3O/c7-6(8,9)4-5(12-3-13)11-2-1-10-4/h1-3H,(H,11,12,13). The number of hydrogen-bond acceptors (Lipinski definition) is 3. The first-order valence-electron chi connectivity index (χ1n) is 3.14. The van der Waals surface area contributed by atoms with Gasteiger partial charge in [0, 0.05) is 12.4 Å². The molecule has 1 heterocycles. The first-order valence-corrected chi connectivity index (χ1v) is 3.14. The van der Waals surface area contributed by atoms with Crippen molar-refractivity contribution in [2.75, 3.05) is 5.32 Å². The van der Waals surface area contributed by atoms with Gasteiger partial charge in [-0.1, -0.05) is 0 Å². The predicted molar refractivity (Wildman–Crippen MR) is 36.7 cm³/mol. The van der Waals surface area contributed by atoms with E-state index >= 15 is 0 Å². The Bertz CT molecular complexity index is 312. The average molecular weight is 191 g/mol. The number of rotatable bonds is 2. The Kier molecular flexibility index (Phi) is 2.45. The molecule has 0 aliphatic heterocycles. The van der Waals surface area contributed by atoms with E-state index in [1.165, 1.54) is 0 Å². The zero-order chi connectivity index (χ0) is 9.90. The minimum Gasteiger partial charge on any atom is -0.312 e. The second-order valence-corrected chi connectivity index (χ2v) is 2.01. The summed E-state index contributed by atoms with van der Waals surface area (Å²) in [6.45, 7) is 0. The van der Waals surface area contributed by atoms with Gasteiger partial charge >= 0.3 is 6.18 Å². The SMILES string of the molecule is O=CNc1nccnc1C(F)(F)F. The maximum atomic E-state index is 12.1. The van der Waals surface area contributed by atoms with Crippen LogP contribution < -0.4 is 5.32 Å². The molecule has 0 saturated heterocycles. The van der Waals surface area contributed by atoms with Crippen LogP contribution in [-0.4, -0.2) is 16.4 Å². The molecule has 0 fully saturated rings. The maximum absolute atomic E-state index is 12.1. The summed E-state index contributed by atoms with van der Waals surface area (Å²) in [4.78, 5) is 16.3. The number of anilines is 1. The van der Waals surface area contributed by atoms with Crippen molar-refractivity contribution in [2.45, 2.75) is 6.18 Å². The van der Waals surface area contributed by atoms with Crippen LogP contribution in [0.5, 0.6) is 0 Å². The Balaban J connectivity index is 3.11. The van der Waals surface area contributed by atoms with Crippen LogP contribution in [0.4, 0.5) is 19.0 Å². The van der Waals surface area contributed by atoms with Crippen molar-refractivity contribution in [1.29, 1.82) is 0 Å². The molecule has 0 unspecified atom stereocenters. The lowest BCUT2D eigenvalue weighted by Gasteiger charge is -2.08. The molecule has 0 bridgehead atoms. The molecule has 1 aromatic heterocycles. The van der Waals surface area contributed by atoms with Crippen molar-refractivity contribution >= 4 is 12.2 Å². The molecule has 0 atom stereocenters. The van der Waals surface area contributed by atoms with Gasteiger partial charge < -0.3 is 5.32 Å². The van der Waals surface area contributed by atoms with Crippen molar-refractivity contribution < 1.29 is 18.0 Å². The van der Waals surface area contributed by atoms with Crippen LogP contribution in [-0.2, 0) is 11.0 Å². The minimum absolute atomic E-state index is 0.110. The molecule has 1 aromatic rings. The molecule has 13 heavy (non-hydrogen) atoms. The molecule has 0 aromatic carbocycles. The Morgan fingerprint density at radius 2 is 1.92 bits per heavy atom. The van der Waals surface area contributed by atoms with Crippen LogP contribution in [0.1, 0.15) is 5.69 Å². The van der Waals surface area contributed by atoms with Crippen molar-refractivity contribution in [3.05, 3.63) is 18.1 Å². The third kappa shape index (κ3) is 2.14. The topological polar surface area (TPSA) is 54.9 Å². The second kappa shape index (κ2) is 3.38. The molecule has 0 radical (unpaired) electrons. The number of nitrogens with one attached hydrogen (secondary N) is 1. The van der Waals surface area contributed by atoms with Crippen LogP contribution in [0.3, 0.4) is 0 Å². The van der Waals surface area contributed by atoms with E-state index in [1.807, 2.05) is 5.32 Å². The summed E-state index contributed by atoms with van der Waals surface area (Å²) >= 11 is 0. The van der Waals surface area contributed by atoms with Crippen LogP contribution in [0.15, 0.2) is 12.4 Å². The fourth-order valence-corrected chi connectivity index (χ4v) is 0.707. The van der Waals surface area contributed by atoms with Gasteiger partial charge in [-0.15, -0.1) is 0 Å². The summed E-state index contributed by atoms with van der Waals surface area (Å²) in [5.41, 5.74) is -1.21. The Labute approximate surface area is 70.8 Å². The number of halogens is 3. The zero-order valence-electron chi connectivity index (χ0n) is 6.17. The van der Waals surface area contributed by atoms with Crippen molar-refractivity contribution in [2.24, 2.45) is 0 Å². The average Bonchev–Trinajstić information content (AvgIpc) is 2.04. The fourth-order valence-electron chi connectivity index (χ4n) is 0.707. The summed E-state index contributed by atoms with van der Waals surface area (Å²) < 4.78 is 36.3. The predicted octanol–water partition coefficient (Wildman–Crippen LogP) is 1.06. The first kappa shape index (κ1) is 9.43. The quantitative estimate of drug-likeness (QED) is 0.711. The van der Waals surface area contributed by atoms with E-state index in [2.05, 4.69) is 9.97 Å². The van der Waals surface area contributed by atoms with Crippen LogP contribution >= 0.6 is 0 Å². The first-order chi connectivity index (χ1) is 6.05. The lowest BCUT2D eigenvalue weighted by Crippen LogP contribution is -2.13. The smallest absolute Gasteiger partial charge is 0.312 e. The molecule has 70 valence electrons. The van der Waals surface area contributed by atoms with Gasteiger partial charge in [0.05, 0.1) is 0 Å². The van der Waals surface area contributed by atoms with E-state index in [4.69, 9.17) is 0 Å². The van der Waals surface area contributed by atoms with Gasteiger partial charge in [0.2, 0.25) is 6.41 Å². The highest BCUT2D eigenvalue weighted by molar-refractivity contribution is 5.70. The number of amides is 1. The van der Waals surface area contributed by atoms with E-state index in [0.29, 0.717) is 0 Å². The highest BCUT2D eigenvalue weighted by Crippen LogP contribution is 2.31. The molecule has 0 saturated carbocycles. The van der Waals surface area contributed by atoms with Crippen molar-refractivity contribution in [3.63, 3.8) is 0 Å². The van der Waals surface area contributed by atoms with Gasteiger partial charge in [0.25, 0.3) is 0 Å². The van der Waals surface area contributed by atoms with Crippen LogP contribution in [0.25, 0.3) is 0 Å². The van der Waals surface area contributed by atoms with Crippen molar-refractivity contribution in [1.82, 2.24) is 9.97 Å². The molecule has 7 heteroatoms. The third-order valence-corrected chi connectivity index (χ3v) is 1.16. The Hall–Kier alpha value is -1.66. The van der Waals surface area contributed by atoms with Gasteiger partial charge in [-0.25, -0.2) is 9.97 Å². The summed E-state index contributed by atoms with van der Waals surface area (Å²) in [6, 6.07) is 0. The number of nitrogens with zero attached hydrogens (tertiary/aromatic N) is 2. The number of alkyl halides is 3. The maximum Gasteiger partial charge on any atom is 0.437 e. The molecular weight excluding hydrogens is 187 g/mol. The normalized spacial score (nSPS) is 11.0. The van der Waals surface area contributed by atoms with E-state index < -0.39 is 17.7 Å². The molecule has 4 nitrogen and oxygen atoms in total. The molecule has 1 N–H and O–H groups in total. The number of aromatic nitrogens is 2. The molecule has 0 aliphatic carbocycles. The number of carbonyl (C=O) groups is 1. The zero-order valence-corrected chi connectivity index (χ0v) is 6.17. The van der Waals surface area contributed by atoms with E-state index in [1.54, 1.807) is 0 Å². The van der Waals surface area contributed by atoms with E-state index in [9.17, 15) is 18.0 Å². The van der Waals surface area contributed by atoms with Crippen molar-refractivity contribution in [3.8, 4) is 0 Å². The minimum atomic E-state index is -4.61. The summed E-state index contributed by atoms with van der Waals surface area (Å²) in [6.07, 6.45) is -2.54. The van der Waals surface area contributed by atoms with E-state index in [0.717, 1.165) is 12.4 Å². The number of carbonyl (C=O) groups excluding carboxylic acids is 1. The monoisotopic (exact) mass is 191 g/mol. The largest absolute Gasteiger partial charge is 0.437 e. The van der Waals surface area contributed by atoms with Crippen LogP contribution in [0, 0.1) is 0 Å².